The molecule has 3 N–H and O–H groups in total. The smallest absolute Gasteiger partial charge is 0.255 e. The summed E-state index contributed by atoms with van der Waals surface area (Å²) in [5.74, 6) is 0.304. The normalized spacial score (nSPS) is 19.3. The molecule has 4 aromatic rings. The third-order valence-electron chi connectivity index (χ3n) is 8.36. The van der Waals surface area contributed by atoms with Crippen molar-refractivity contribution in [1.82, 2.24) is 14.2 Å². The van der Waals surface area contributed by atoms with Gasteiger partial charge in [-0.2, -0.15) is 0 Å². The van der Waals surface area contributed by atoms with Crippen LogP contribution >= 0.6 is 0 Å². The van der Waals surface area contributed by atoms with E-state index in [1.165, 1.54) is 6.07 Å². The van der Waals surface area contributed by atoms with E-state index in [2.05, 4.69) is 26.3 Å². The molecule has 0 radical (unpaired) electrons. The molecular weight excluding hydrogens is 597 g/mol. The molecule has 1 unspecified atom stereocenters. The first kappa shape index (κ1) is 31.6. The minimum Gasteiger partial charge on any atom is -0.496 e. The van der Waals surface area contributed by atoms with Gasteiger partial charge in [-0.3, -0.25) is 4.79 Å². The van der Waals surface area contributed by atoms with E-state index in [1.807, 2.05) is 61.5 Å². The van der Waals surface area contributed by atoms with E-state index in [1.54, 1.807) is 37.4 Å². The molecule has 0 spiro atoms. The summed E-state index contributed by atoms with van der Waals surface area (Å²) in [7, 11) is 1.26. The summed E-state index contributed by atoms with van der Waals surface area (Å²) >= 11 is -2.04. The highest BCUT2D eigenvalue weighted by molar-refractivity contribution is 8.01. The fraction of sp³-hybridized carbons (Fsp3) is 0.303. The fourth-order valence-corrected chi connectivity index (χ4v) is 8.65. The lowest BCUT2D eigenvalue weighted by Gasteiger charge is -2.41. The van der Waals surface area contributed by atoms with Crippen LogP contribution in [0.25, 0.3) is 10.8 Å². The van der Waals surface area contributed by atoms with Crippen molar-refractivity contribution in [3.63, 3.8) is 0 Å². The molecular formula is C33H38N4O5S2. The monoisotopic (exact) mass is 634 g/mol. The van der Waals surface area contributed by atoms with Crippen LogP contribution in [0.2, 0.25) is 0 Å². The van der Waals surface area contributed by atoms with Crippen molar-refractivity contribution in [2.75, 3.05) is 32.6 Å². The zero-order valence-electron chi connectivity index (χ0n) is 25.1. The van der Waals surface area contributed by atoms with Crippen LogP contribution in [0.3, 0.4) is 0 Å². The number of ether oxygens (including phenoxy) is 1. The average molecular weight is 635 g/mol. The number of anilines is 1. The molecule has 44 heavy (non-hydrogen) atoms. The SMILES string of the molecule is COc1ccccc1C(=O)NCC1(c2ccccc2)CCC(NS(=O)NS(=O)(=O)c2cccc3c(N(C)C)cccc23)CC1. The number of hydrogen-bond donors (Lipinski definition) is 3. The molecule has 1 aliphatic rings. The van der Waals surface area contributed by atoms with Crippen LogP contribution in [0.15, 0.2) is 95.9 Å². The molecule has 0 heterocycles. The molecule has 9 nitrogen and oxygen atoms in total. The highest BCUT2D eigenvalue weighted by atomic mass is 32.3. The zero-order valence-corrected chi connectivity index (χ0v) is 26.7. The van der Waals surface area contributed by atoms with E-state index >= 15 is 0 Å². The molecule has 0 aliphatic heterocycles. The van der Waals surface area contributed by atoms with Crippen LogP contribution in [0.1, 0.15) is 41.6 Å². The topological polar surface area (TPSA) is 117 Å². The van der Waals surface area contributed by atoms with Crippen molar-refractivity contribution >= 4 is 43.6 Å². The maximum absolute atomic E-state index is 13.4. The highest BCUT2D eigenvalue weighted by Crippen LogP contribution is 2.39. The largest absolute Gasteiger partial charge is 0.496 e. The molecule has 0 bridgehead atoms. The van der Waals surface area contributed by atoms with Crippen LogP contribution in [-0.2, 0) is 26.6 Å². The molecule has 5 rings (SSSR count). The van der Waals surface area contributed by atoms with Crippen molar-refractivity contribution in [1.29, 1.82) is 0 Å². The summed E-state index contributed by atoms with van der Waals surface area (Å²) < 4.78 is 50.5. The minimum absolute atomic E-state index is 0.0753. The van der Waals surface area contributed by atoms with Gasteiger partial charge >= 0.3 is 0 Å². The maximum Gasteiger partial charge on any atom is 0.255 e. The van der Waals surface area contributed by atoms with Gasteiger partial charge < -0.3 is 15.0 Å². The van der Waals surface area contributed by atoms with Gasteiger partial charge in [0.1, 0.15) is 5.75 Å². The van der Waals surface area contributed by atoms with Gasteiger partial charge in [-0.25, -0.2) is 17.3 Å². The van der Waals surface area contributed by atoms with E-state index < -0.39 is 21.2 Å². The summed E-state index contributed by atoms with van der Waals surface area (Å²) in [5, 5.41) is 4.47. The molecule has 1 aliphatic carbocycles. The quantitative estimate of drug-likeness (QED) is 0.221. The lowest BCUT2D eigenvalue weighted by molar-refractivity contribution is 0.0932. The Balaban J connectivity index is 1.26. The van der Waals surface area contributed by atoms with Crippen LogP contribution in [0.4, 0.5) is 5.69 Å². The Morgan fingerprint density at radius 2 is 1.57 bits per heavy atom. The van der Waals surface area contributed by atoms with Gasteiger partial charge in [0.05, 0.1) is 17.6 Å². The molecule has 1 fully saturated rings. The van der Waals surface area contributed by atoms with E-state index in [-0.39, 0.29) is 22.3 Å². The second-order valence-electron chi connectivity index (χ2n) is 11.3. The van der Waals surface area contributed by atoms with Gasteiger partial charge in [-0.1, -0.05) is 66.7 Å². The van der Waals surface area contributed by atoms with Crippen LogP contribution in [0, 0.1) is 0 Å². The zero-order chi connectivity index (χ0) is 31.3. The molecule has 4 aromatic carbocycles. The second kappa shape index (κ2) is 13.5. The van der Waals surface area contributed by atoms with Gasteiger partial charge in [0.25, 0.3) is 15.9 Å². The highest BCUT2D eigenvalue weighted by Gasteiger charge is 2.38. The fourth-order valence-electron chi connectivity index (χ4n) is 6.03. The van der Waals surface area contributed by atoms with Gasteiger partial charge in [0.15, 0.2) is 11.2 Å². The second-order valence-corrected chi connectivity index (χ2v) is 14.2. The van der Waals surface area contributed by atoms with Crippen molar-refractivity contribution in [2.24, 2.45) is 0 Å². The Kier molecular flexibility index (Phi) is 9.69. The molecule has 1 saturated carbocycles. The van der Waals surface area contributed by atoms with Gasteiger partial charge in [-0.05, 0) is 55.5 Å². The van der Waals surface area contributed by atoms with Crippen molar-refractivity contribution < 1.29 is 22.2 Å². The number of methoxy groups -OCH3 is 1. The molecule has 0 aromatic heterocycles. The molecule has 1 amide bonds. The number of sulfonamides is 1. The third kappa shape index (κ3) is 6.81. The van der Waals surface area contributed by atoms with Gasteiger partial charge in [-0.15, -0.1) is 4.13 Å². The molecule has 11 heteroatoms. The maximum atomic E-state index is 13.4. The predicted octanol–water partition coefficient (Wildman–Crippen LogP) is 4.67. The first-order chi connectivity index (χ1) is 21.1. The van der Waals surface area contributed by atoms with Crippen LogP contribution in [0.5, 0.6) is 5.75 Å². The summed E-state index contributed by atoms with van der Waals surface area (Å²) in [5.41, 5.74) is 2.15. The third-order valence-corrected chi connectivity index (χ3v) is 11.3. The van der Waals surface area contributed by atoms with E-state index in [4.69, 9.17) is 4.74 Å². The van der Waals surface area contributed by atoms with Crippen molar-refractivity contribution in [3.05, 3.63) is 102 Å². The first-order valence-corrected chi connectivity index (χ1v) is 17.1. The number of hydrogen-bond acceptors (Lipinski definition) is 6. The first-order valence-electron chi connectivity index (χ1n) is 14.5. The number of nitrogens with zero attached hydrogens (tertiary/aromatic N) is 1. The predicted molar refractivity (Wildman–Crippen MR) is 176 cm³/mol. The van der Waals surface area contributed by atoms with Crippen LogP contribution < -0.4 is 23.8 Å². The summed E-state index contributed by atoms with van der Waals surface area (Å²) in [4.78, 5) is 15.1. The number of carbonyl (C=O) groups excluding carboxylic acids is 1. The summed E-state index contributed by atoms with van der Waals surface area (Å²) in [6, 6.07) is 27.6. The van der Waals surface area contributed by atoms with Gasteiger partial charge in [0.2, 0.25) is 0 Å². The summed E-state index contributed by atoms with van der Waals surface area (Å²) in [6.07, 6.45) is 2.71. The average Bonchev–Trinajstić information content (AvgIpc) is 3.03. The van der Waals surface area contributed by atoms with Gasteiger partial charge in [0, 0.05) is 48.6 Å². The van der Waals surface area contributed by atoms with E-state index in [0.717, 1.165) is 16.6 Å². The number of para-hydroxylation sites is 1. The van der Waals surface area contributed by atoms with Crippen molar-refractivity contribution in [2.45, 2.75) is 42.0 Å². The number of benzene rings is 4. The number of carbonyl (C=O) groups is 1. The van der Waals surface area contributed by atoms with Crippen LogP contribution in [-0.4, -0.2) is 52.3 Å². The standard InChI is InChI=1S/C33H38N4O5S2/c1-37(2)29-16-9-15-27-26(29)14-10-18-31(27)44(40,41)36-43(39)35-25-19-21-33(22-20-25,24-11-5-4-6-12-24)23-34-32(38)28-13-7-8-17-30(28)42-3/h4-18,25,35-36H,19-23H2,1-3H3,(H,34,38). The molecule has 0 saturated heterocycles. The minimum atomic E-state index is -4.08. The van der Waals surface area contributed by atoms with E-state index in [0.29, 0.717) is 48.9 Å². The van der Waals surface area contributed by atoms with E-state index in [9.17, 15) is 17.4 Å². The number of fused-ring (bicyclic) bond motifs is 1. The lowest BCUT2D eigenvalue weighted by atomic mass is 9.68. The lowest BCUT2D eigenvalue weighted by Crippen LogP contribution is -2.48. The number of nitrogens with one attached hydrogen (secondary N) is 3. The molecule has 232 valence electrons. The Labute approximate surface area is 261 Å². The molecule has 1 atom stereocenters. The number of amides is 1. The Morgan fingerprint density at radius 1 is 0.909 bits per heavy atom. The Bertz CT molecular complexity index is 1750. The van der Waals surface area contributed by atoms with Crippen molar-refractivity contribution in [3.8, 4) is 5.75 Å². The Morgan fingerprint density at radius 3 is 2.27 bits per heavy atom. The summed E-state index contributed by atoms with van der Waals surface area (Å²) in [6.45, 7) is 0.423. The number of rotatable bonds is 11. The Hall–Kier alpha value is -3.77.